The van der Waals surface area contributed by atoms with E-state index >= 15 is 0 Å². The summed E-state index contributed by atoms with van der Waals surface area (Å²) in [5, 5.41) is 53.2. The molecule has 1 aliphatic rings. The lowest BCUT2D eigenvalue weighted by molar-refractivity contribution is -0.134. The molecule has 2 aromatic carbocycles. The number of hydrogen-bond acceptors (Lipinski definition) is 15. The van der Waals surface area contributed by atoms with Gasteiger partial charge in [0.2, 0.25) is 23.6 Å². The topological polar surface area (TPSA) is 330 Å². The first-order valence-corrected chi connectivity index (χ1v) is 24.5. The number of phenolic OH excluding ortho intramolecular Hbond substituents is 1. The molecule has 0 unspecified atom stereocenters. The minimum absolute atomic E-state index is 0.159. The Morgan fingerprint density at radius 2 is 1.26 bits per heavy atom. The van der Waals surface area contributed by atoms with Crippen molar-refractivity contribution in [2.75, 3.05) is 26.2 Å². The molecule has 0 aromatic heterocycles. The molecule has 0 spiro atoms. The third kappa shape index (κ3) is 23.3. The van der Waals surface area contributed by atoms with Crippen LogP contribution in [0.15, 0.2) is 42.5 Å². The molecule has 0 aliphatic carbocycles. The Kier molecular flexibility index (Phi) is 22.3. The number of carbonyl (C=O) groups is 8. The largest absolute Gasteiger partial charge is 0.508 e. The van der Waals surface area contributed by atoms with Gasteiger partial charge in [-0.05, 0) is 130 Å². The second kappa shape index (κ2) is 26.9. The zero-order valence-electron chi connectivity index (χ0n) is 44.6. The molecule has 412 valence electrons. The fourth-order valence-corrected chi connectivity index (χ4v) is 7.14. The number of ether oxygens (including phenoxy) is 4. The van der Waals surface area contributed by atoms with Gasteiger partial charge in [0.15, 0.2) is 0 Å². The monoisotopic (exact) mass is 1040 g/mol. The molecule has 0 saturated heterocycles. The number of amides is 8. The van der Waals surface area contributed by atoms with Crippen LogP contribution >= 0.6 is 0 Å². The molecule has 1 heterocycles. The predicted molar refractivity (Wildman–Crippen MR) is 271 cm³/mol. The van der Waals surface area contributed by atoms with Crippen molar-refractivity contribution in [2.45, 2.75) is 174 Å². The van der Waals surface area contributed by atoms with Crippen molar-refractivity contribution in [1.29, 1.82) is 0 Å². The van der Waals surface area contributed by atoms with E-state index in [-0.39, 0.29) is 43.7 Å². The summed E-state index contributed by atoms with van der Waals surface area (Å²) in [6, 6.07) is 4.45. The Bertz CT molecular complexity index is 2280. The number of aromatic hydroxyl groups is 1. The molecule has 2 aromatic rings. The summed E-state index contributed by atoms with van der Waals surface area (Å²) in [5.41, 5.74) is -1.54. The normalized spacial score (nSPS) is 17.7. The summed E-state index contributed by atoms with van der Waals surface area (Å²) in [7, 11) is 0. The third-order valence-electron chi connectivity index (χ3n) is 10.3. The fourth-order valence-electron chi connectivity index (χ4n) is 7.14. The van der Waals surface area contributed by atoms with Crippen molar-refractivity contribution >= 4 is 48.0 Å². The van der Waals surface area contributed by atoms with Gasteiger partial charge in [0, 0.05) is 44.9 Å². The first-order chi connectivity index (χ1) is 34.2. The second-order valence-electron chi connectivity index (χ2n) is 21.9. The van der Waals surface area contributed by atoms with E-state index in [0.29, 0.717) is 23.1 Å². The van der Waals surface area contributed by atoms with E-state index < -0.39 is 126 Å². The number of nitrogens with one attached hydrogen (secondary N) is 8. The van der Waals surface area contributed by atoms with Crippen molar-refractivity contribution in [3.63, 3.8) is 0 Å². The van der Waals surface area contributed by atoms with Crippen LogP contribution in [-0.4, -0.2) is 148 Å². The number of aliphatic hydroxyl groups is 2. The Labute approximate surface area is 432 Å². The van der Waals surface area contributed by atoms with Gasteiger partial charge in [0.25, 0.3) is 0 Å². The molecule has 1 aliphatic heterocycles. The van der Waals surface area contributed by atoms with Gasteiger partial charge < -0.3 is 76.8 Å². The zero-order chi connectivity index (χ0) is 55.8. The highest BCUT2D eigenvalue weighted by Crippen LogP contribution is 2.28. The number of phenols is 1. The molecule has 0 saturated carbocycles. The molecule has 23 heteroatoms. The van der Waals surface area contributed by atoms with Crippen molar-refractivity contribution in [3.05, 3.63) is 53.6 Å². The van der Waals surface area contributed by atoms with E-state index in [4.69, 9.17) is 18.9 Å². The fraction of sp³-hybridized carbons (Fsp3) is 0.608. The van der Waals surface area contributed by atoms with Gasteiger partial charge in [-0.25, -0.2) is 19.2 Å². The summed E-state index contributed by atoms with van der Waals surface area (Å²) in [6.07, 6.45) is -5.34. The van der Waals surface area contributed by atoms with E-state index in [1.54, 1.807) is 119 Å². The average molecular weight is 1040 g/mol. The Balaban J connectivity index is 1.99. The van der Waals surface area contributed by atoms with Gasteiger partial charge in [-0.15, -0.1) is 0 Å². The van der Waals surface area contributed by atoms with Crippen LogP contribution in [0.4, 0.5) is 19.2 Å². The maximum absolute atomic E-state index is 14.5. The van der Waals surface area contributed by atoms with Gasteiger partial charge in [-0.2, -0.15) is 0 Å². The van der Waals surface area contributed by atoms with Crippen LogP contribution < -0.4 is 42.5 Å². The number of hydrogen-bond donors (Lipinski definition) is 11. The minimum atomic E-state index is -1.67. The molecular weight excluding hydrogens is 965 g/mol. The lowest BCUT2D eigenvalue weighted by Crippen LogP contribution is -2.60. The highest BCUT2D eigenvalue weighted by atomic mass is 16.6. The Morgan fingerprint density at radius 3 is 1.86 bits per heavy atom. The maximum Gasteiger partial charge on any atom is 0.408 e. The van der Waals surface area contributed by atoms with Gasteiger partial charge in [0.05, 0.1) is 12.7 Å². The van der Waals surface area contributed by atoms with Gasteiger partial charge in [-0.1, -0.05) is 30.3 Å². The summed E-state index contributed by atoms with van der Waals surface area (Å²) in [5.74, 6) is -4.00. The predicted octanol–water partition coefficient (Wildman–Crippen LogP) is 3.09. The van der Waals surface area contributed by atoms with Crippen LogP contribution in [0.5, 0.6) is 5.75 Å². The van der Waals surface area contributed by atoms with Gasteiger partial charge >= 0.3 is 24.4 Å². The molecule has 4 bridgehead atoms. The first kappa shape index (κ1) is 61.4. The lowest BCUT2D eigenvalue weighted by atomic mass is 9.95. The third-order valence-corrected chi connectivity index (χ3v) is 10.3. The van der Waals surface area contributed by atoms with Crippen molar-refractivity contribution in [3.8, 4) is 16.9 Å². The summed E-state index contributed by atoms with van der Waals surface area (Å²) in [4.78, 5) is 108. The zero-order valence-corrected chi connectivity index (χ0v) is 44.6. The van der Waals surface area contributed by atoms with Crippen LogP contribution in [0.3, 0.4) is 0 Å². The molecule has 0 fully saturated rings. The van der Waals surface area contributed by atoms with Crippen LogP contribution in [0.25, 0.3) is 11.1 Å². The van der Waals surface area contributed by atoms with E-state index in [0.717, 1.165) is 0 Å². The quantitative estimate of drug-likeness (QED) is 0.0850. The Morgan fingerprint density at radius 1 is 0.676 bits per heavy atom. The van der Waals surface area contributed by atoms with Crippen LogP contribution in [0, 0.1) is 0 Å². The van der Waals surface area contributed by atoms with Crippen molar-refractivity contribution in [1.82, 2.24) is 42.5 Å². The summed E-state index contributed by atoms with van der Waals surface area (Å²) in [6.45, 7) is 18.5. The standard InChI is InChI=1S/C51H78N8O15/c1-48(2,3)71-44(67)52-20-14-17-33(55-46(69)73-50(7,8)9)26-53-40(63)38(28-60)58-41(64)35-22-29-15-13-16-30(21-29)31-18-19-39(62)32(23-31)24-36(59-47(70)74-51(10,11)12)42(65)57-37(43(66)56-35)25-34(61)27-54-45(68)72-49(4,5)6/h13,15-16,18-19,21,23,33-38,60-62H,14,17,20,22,24-28H2,1-12H3,(H,52,67)(H,53,63)(H,54,68)(H,55,69)(H,56,66)(H,57,65)(H,58,64)(H,59,70)/t33-,34+,35-,36-,37-,38-/m0/s1. The molecule has 6 atom stereocenters. The summed E-state index contributed by atoms with van der Waals surface area (Å²) >= 11 is 0. The first-order valence-electron chi connectivity index (χ1n) is 24.5. The summed E-state index contributed by atoms with van der Waals surface area (Å²) < 4.78 is 21.4. The Hall–Kier alpha value is -6.88. The second-order valence-corrected chi connectivity index (χ2v) is 21.9. The molecular formula is C51H78N8O15. The highest BCUT2D eigenvalue weighted by molar-refractivity contribution is 5.95. The van der Waals surface area contributed by atoms with E-state index in [1.165, 1.54) is 6.07 Å². The number of benzene rings is 2. The van der Waals surface area contributed by atoms with E-state index in [2.05, 4.69) is 42.5 Å². The van der Waals surface area contributed by atoms with Crippen molar-refractivity contribution < 1.29 is 72.6 Å². The SMILES string of the molecule is CC(C)(C)OC(=O)NCCC[C@@H](CNC(=O)[C@H](CO)NC(=O)[C@@H]1Cc2cccc(c2)-c2ccc(O)c(c2)C[C@H](NC(=O)OC(C)(C)C)C(=O)N[C@@H](C[C@@H](O)CNC(=O)OC(C)(C)C)C(=O)N1)NC(=O)OC(C)(C)C. The van der Waals surface area contributed by atoms with Crippen LogP contribution in [-0.2, 0) is 51.0 Å². The van der Waals surface area contributed by atoms with Crippen LogP contribution in [0.1, 0.15) is 113 Å². The number of carbonyl (C=O) groups excluding carboxylic acids is 8. The maximum atomic E-state index is 14.5. The number of rotatable bonds is 16. The number of aliphatic hydroxyl groups excluding tert-OH is 2. The smallest absolute Gasteiger partial charge is 0.408 e. The molecule has 23 nitrogen and oxygen atoms in total. The van der Waals surface area contributed by atoms with Crippen LogP contribution in [0.2, 0.25) is 0 Å². The average Bonchev–Trinajstić information content (AvgIpc) is 3.25. The number of alkyl carbamates (subject to hydrolysis) is 4. The molecule has 3 rings (SSSR count). The molecule has 74 heavy (non-hydrogen) atoms. The number of fused-ring (bicyclic) bond motifs is 5. The molecule has 0 radical (unpaired) electrons. The van der Waals surface area contributed by atoms with Gasteiger partial charge in [0.1, 0.15) is 52.3 Å². The lowest BCUT2D eigenvalue weighted by Gasteiger charge is -2.28. The van der Waals surface area contributed by atoms with E-state index in [9.17, 15) is 53.7 Å². The minimum Gasteiger partial charge on any atom is -0.508 e. The van der Waals surface area contributed by atoms with E-state index in [1.807, 2.05) is 0 Å². The molecule has 8 amide bonds. The molecule has 11 N–H and O–H groups in total. The highest BCUT2D eigenvalue weighted by Gasteiger charge is 2.35. The van der Waals surface area contributed by atoms with Crippen molar-refractivity contribution in [2.24, 2.45) is 0 Å². The van der Waals surface area contributed by atoms with Gasteiger partial charge in [-0.3, -0.25) is 19.2 Å².